The van der Waals surface area contributed by atoms with E-state index in [0.29, 0.717) is 0 Å². The number of hydrogen-bond acceptors (Lipinski definition) is 1. The van der Waals surface area contributed by atoms with Gasteiger partial charge in [0.15, 0.2) is 0 Å². The van der Waals surface area contributed by atoms with Crippen LogP contribution < -0.4 is 10.4 Å². The summed E-state index contributed by atoms with van der Waals surface area (Å²) >= 11 is 0. The van der Waals surface area contributed by atoms with Crippen LogP contribution in [0.4, 0.5) is 0 Å². The lowest BCUT2D eigenvalue weighted by atomic mass is 10.1. The quantitative estimate of drug-likeness (QED) is 0.539. The molecule has 0 atom stereocenters. The highest BCUT2D eigenvalue weighted by atomic mass is 16.5. The zero-order chi connectivity index (χ0) is 12.5. The summed E-state index contributed by atoms with van der Waals surface area (Å²) in [5.41, 5.74) is 1.37. The smallest absolute Gasteiger partial charge is 0.0647 e. The van der Waals surface area contributed by atoms with E-state index in [1.54, 1.807) is 0 Å². The molecule has 1 aromatic carbocycles. The molecule has 0 aliphatic rings. The topological polar surface area (TPSA) is 9.23 Å². The van der Waals surface area contributed by atoms with Crippen LogP contribution in [0, 0.1) is 0 Å². The Balaban J connectivity index is 2.48. The number of hydrogen-bond donors (Lipinski definition) is 0. The van der Waals surface area contributed by atoms with Crippen molar-refractivity contribution in [2.24, 2.45) is 0 Å². The fourth-order valence-electron chi connectivity index (χ4n) is 1.69. The van der Waals surface area contributed by atoms with Crippen molar-refractivity contribution in [2.45, 2.75) is 26.7 Å². The first-order valence-electron chi connectivity index (χ1n) is 6.25. The maximum absolute atomic E-state index is 5.24. The monoisotopic (exact) mass is 230 g/mol. The Kier molecular flexibility index (Phi) is 6.34. The van der Waals surface area contributed by atoms with Gasteiger partial charge in [-0.25, -0.2) is 0 Å². The molecule has 1 rings (SSSR count). The number of aryl methyl sites for hydroxylation is 1. The molecule has 0 unspecified atom stereocenters. The molecule has 1 heteroatoms. The van der Waals surface area contributed by atoms with Crippen LogP contribution in [-0.2, 0) is 11.2 Å². The lowest BCUT2D eigenvalue weighted by Gasteiger charge is -1.99. The van der Waals surface area contributed by atoms with Gasteiger partial charge in [0.05, 0.1) is 6.61 Å². The van der Waals surface area contributed by atoms with E-state index in [1.807, 2.05) is 6.92 Å². The maximum atomic E-state index is 5.24. The second-order valence-electron chi connectivity index (χ2n) is 3.99. The van der Waals surface area contributed by atoms with Gasteiger partial charge in [-0.3, -0.25) is 0 Å². The lowest BCUT2D eigenvalue weighted by Crippen LogP contribution is -2.22. The van der Waals surface area contributed by atoms with Gasteiger partial charge in [-0.15, -0.1) is 0 Å². The van der Waals surface area contributed by atoms with E-state index in [2.05, 4.69) is 49.9 Å². The average molecular weight is 230 g/mol. The zero-order valence-corrected chi connectivity index (χ0v) is 10.9. The summed E-state index contributed by atoms with van der Waals surface area (Å²) in [5.74, 6) is 0. The third kappa shape index (κ3) is 5.01. The molecule has 0 aromatic heterocycles. The van der Waals surface area contributed by atoms with Crippen LogP contribution in [0.15, 0.2) is 30.4 Å². The minimum absolute atomic E-state index is 0.725. The van der Waals surface area contributed by atoms with Crippen molar-refractivity contribution in [1.82, 2.24) is 0 Å². The molecule has 0 N–H and O–H groups in total. The van der Waals surface area contributed by atoms with Gasteiger partial charge in [-0.1, -0.05) is 43.0 Å². The van der Waals surface area contributed by atoms with E-state index in [-0.39, 0.29) is 0 Å². The Bertz CT molecular complexity index is 457. The molecule has 0 aliphatic heterocycles. The summed E-state index contributed by atoms with van der Waals surface area (Å²) < 4.78 is 5.24. The average Bonchev–Trinajstić information content (AvgIpc) is 2.35. The molecule has 0 saturated heterocycles. The van der Waals surface area contributed by atoms with Gasteiger partial charge >= 0.3 is 0 Å². The fourth-order valence-corrected chi connectivity index (χ4v) is 1.69. The molecular formula is C16H22O. The highest BCUT2D eigenvalue weighted by molar-refractivity contribution is 5.28. The van der Waals surface area contributed by atoms with Crippen molar-refractivity contribution < 1.29 is 4.74 Å². The van der Waals surface area contributed by atoms with Crippen molar-refractivity contribution in [3.8, 4) is 0 Å². The highest BCUT2D eigenvalue weighted by Crippen LogP contribution is 1.99. The van der Waals surface area contributed by atoms with Crippen molar-refractivity contribution in [3.63, 3.8) is 0 Å². The second kappa shape index (κ2) is 7.86. The van der Waals surface area contributed by atoms with Crippen LogP contribution in [-0.4, -0.2) is 13.2 Å². The second-order valence-corrected chi connectivity index (χ2v) is 3.99. The van der Waals surface area contributed by atoms with Gasteiger partial charge in [0.25, 0.3) is 0 Å². The molecule has 1 aromatic rings. The summed E-state index contributed by atoms with van der Waals surface area (Å²) in [6, 6.07) is 6.47. The van der Waals surface area contributed by atoms with Crippen molar-refractivity contribution in [1.29, 1.82) is 0 Å². The van der Waals surface area contributed by atoms with Crippen LogP contribution >= 0.6 is 0 Å². The van der Waals surface area contributed by atoms with Gasteiger partial charge in [-0.05, 0) is 42.7 Å². The van der Waals surface area contributed by atoms with Crippen LogP contribution in [0.5, 0.6) is 0 Å². The molecule has 0 heterocycles. The maximum Gasteiger partial charge on any atom is 0.0647 e. The number of allylic oxidation sites excluding steroid dienone is 1. The predicted molar refractivity (Wildman–Crippen MR) is 75.3 cm³/mol. The summed E-state index contributed by atoms with van der Waals surface area (Å²) in [5, 5.41) is 2.34. The molecule has 0 saturated carbocycles. The van der Waals surface area contributed by atoms with Gasteiger partial charge in [0.1, 0.15) is 0 Å². The fraction of sp³-hybridized carbons (Fsp3) is 0.375. The molecular weight excluding hydrogens is 208 g/mol. The molecule has 0 aliphatic carbocycles. The zero-order valence-electron chi connectivity index (χ0n) is 10.9. The summed E-state index contributed by atoms with van der Waals surface area (Å²) in [4.78, 5) is 0. The number of benzene rings is 1. The lowest BCUT2D eigenvalue weighted by molar-refractivity contribution is 0.177. The Labute approximate surface area is 104 Å². The SMILES string of the molecule is C=c1ccc(CC/C=C/COCC)c/c1=C/C. The standard InChI is InChI=1S/C16H22O/c1-4-16-13-15(11-10-14(16)3)9-7-6-8-12-17-5-2/h4,6,8,10-11,13H,3,5,7,9,12H2,1-2H3/b8-6+,16-4-. The first-order valence-corrected chi connectivity index (χ1v) is 6.25. The summed E-state index contributed by atoms with van der Waals surface area (Å²) in [6.45, 7) is 9.57. The van der Waals surface area contributed by atoms with E-state index < -0.39 is 0 Å². The molecule has 17 heavy (non-hydrogen) atoms. The molecule has 0 radical (unpaired) electrons. The van der Waals surface area contributed by atoms with E-state index in [4.69, 9.17) is 4.74 Å². The third-order valence-corrected chi connectivity index (χ3v) is 2.71. The predicted octanol–water partition coefficient (Wildman–Crippen LogP) is 2.42. The van der Waals surface area contributed by atoms with E-state index in [9.17, 15) is 0 Å². The Morgan fingerprint density at radius 3 is 2.82 bits per heavy atom. The minimum atomic E-state index is 0.725. The molecule has 0 bridgehead atoms. The van der Waals surface area contributed by atoms with Crippen LogP contribution in [0.2, 0.25) is 0 Å². The number of rotatable bonds is 6. The summed E-state index contributed by atoms with van der Waals surface area (Å²) in [6.07, 6.45) is 8.52. The molecule has 0 spiro atoms. The van der Waals surface area contributed by atoms with Gasteiger partial charge < -0.3 is 4.74 Å². The normalized spacial score (nSPS) is 12.5. The van der Waals surface area contributed by atoms with E-state index in [0.717, 1.165) is 31.3 Å². The third-order valence-electron chi connectivity index (χ3n) is 2.71. The first-order chi connectivity index (χ1) is 8.27. The Morgan fingerprint density at radius 2 is 2.12 bits per heavy atom. The highest BCUT2D eigenvalue weighted by Gasteiger charge is 1.91. The molecule has 0 amide bonds. The minimum Gasteiger partial charge on any atom is -0.378 e. The molecule has 1 nitrogen and oxygen atoms in total. The van der Waals surface area contributed by atoms with Crippen molar-refractivity contribution >= 4 is 12.7 Å². The summed E-state index contributed by atoms with van der Waals surface area (Å²) in [7, 11) is 0. The van der Waals surface area contributed by atoms with Gasteiger partial charge in [0.2, 0.25) is 0 Å². The largest absolute Gasteiger partial charge is 0.378 e. The Morgan fingerprint density at radius 1 is 1.29 bits per heavy atom. The van der Waals surface area contributed by atoms with Crippen molar-refractivity contribution in [3.05, 3.63) is 46.4 Å². The Hall–Kier alpha value is -1.34. The van der Waals surface area contributed by atoms with E-state index >= 15 is 0 Å². The number of ether oxygens (including phenoxy) is 1. The van der Waals surface area contributed by atoms with Crippen LogP contribution in [0.25, 0.3) is 12.7 Å². The van der Waals surface area contributed by atoms with Crippen LogP contribution in [0.1, 0.15) is 25.8 Å². The van der Waals surface area contributed by atoms with E-state index in [1.165, 1.54) is 10.8 Å². The molecule has 0 fully saturated rings. The molecule has 92 valence electrons. The van der Waals surface area contributed by atoms with Gasteiger partial charge in [0, 0.05) is 6.61 Å². The van der Waals surface area contributed by atoms with Crippen LogP contribution in [0.3, 0.4) is 0 Å². The first kappa shape index (κ1) is 13.7. The van der Waals surface area contributed by atoms with Gasteiger partial charge in [-0.2, -0.15) is 0 Å². The van der Waals surface area contributed by atoms with Crippen molar-refractivity contribution in [2.75, 3.05) is 13.2 Å².